The molecule has 23 fully saturated rings. The van der Waals surface area contributed by atoms with Crippen LogP contribution in [-0.2, 0) is 0 Å². The first-order valence-electron chi connectivity index (χ1n) is 49.6. The molecule has 2 unspecified atom stereocenters. The van der Waals surface area contributed by atoms with E-state index >= 15 is 0 Å². The Kier molecular flexibility index (Phi) is 46.4. The van der Waals surface area contributed by atoms with Crippen LogP contribution in [-0.4, -0.2) is 0 Å². The number of fused-ring (bicyclic) bond motifs is 10. The van der Waals surface area contributed by atoms with Crippen molar-refractivity contribution in [3.05, 3.63) is 36.5 Å². The van der Waals surface area contributed by atoms with E-state index in [-0.39, 0.29) is 0 Å². The first-order chi connectivity index (χ1) is 50.6. The molecular weight excluding hydrogens is 1230 g/mol. The van der Waals surface area contributed by atoms with Crippen LogP contribution in [0.25, 0.3) is 0 Å². The fraction of sp³-hybridized carbons (Fsp3) is 0.941. The molecule has 0 heterocycles. The zero-order valence-electron chi connectivity index (χ0n) is 69.3. The van der Waals surface area contributed by atoms with E-state index in [1.54, 1.807) is 212 Å². The summed E-state index contributed by atoms with van der Waals surface area (Å²) in [5.74, 6) is 18.7. The van der Waals surface area contributed by atoms with E-state index in [4.69, 9.17) is 0 Å². The highest BCUT2D eigenvalue weighted by Crippen LogP contribution is 2.54. The van der Waals surface area contributed by atoms with Crippen LogP contribution in [0.5, 0.6) is 0 Å². The second-order valence-corrected chi connectivity index (χ2v) is 39.9. The van der Waals surface area contributed by atoms with Gasteiger partial charge in [-0.05, 0) is 223 Å². The molecule has 23 saturated carbocycles. The Labute approximate surface area is 640 Å². The van der Waals surface area contributed by atoms with Crippen LogP contribution in [0, 0.1) is 94.7 Å². The zero-order valence-corrected chi connectivity index (χ0v) is 69.3. The van der Waals surface area contributed by atoms with Gasteiger partial charge in [0.05, 0.1) is 0 Å². The first kappa shape index (κ1) is 85.2. The van der Waals surface area contributed by atoms with E-state index in [1.165, 1.54) is 373 Å². The minimum absolute atomic E-state index is 1.15. The van der Waals surface area contributed by atoms with Gasteiger partial charge in [0.15, 0.2) is 0 Å². The quantitative estimate of drug-likeness (QED) is 0.168. The molecule has 26 aliphatic rings. The Hall–Kier alpha value is -0.780. The van der Waals surface area contributed by atoms with Gasteiger partial charge in [-0.25, -0.2) is 0 Å². The fourth-order valence-electron chi connectivity index (χ4n) is 24.3. The molecule has 0 aromatic carbocycles. The maximum absolute atomic E-state index is 2.30. The van der Waals surface area contributed by atoms with Crippen molar-refractivity contribution in [3.8, 4) is 0 Å². The Balaban J connectivity index is 0.000000128. The third kappa shape index (κ3) is 38.2. The van der Waals surface area contributed by atoms with Gasteiger partial charge in [0.25, 0.3) is 0 Å². The molecular formula is C102H182. The normalized spacial score (nSPS) is 36.7. The molecule has 26 rings (SSSR count). The predicted octanol–water partition coefficient (Wildman–Crippen LogP) is 34.8. The van der Waals surface area contributed by atoms with Crippen molar-refractivity contribution in [2.75, 3.05) is 0 Å². The summed E-state index contributed by atoms with van der Waals surface area (Å²) in [7, 11) is 0. The van der Waals surface area contributed by atoms with E-state index in [0.717, 1.165) is 23.7 Å². The molecule has 0 aliphatic heterocycles. The average Bonchev–Trinajstić information content (AvgIpc) is 1.11. The number of hydrogen-bond donors (Lipinski definition) is 0. The van der Waals surface area contributed by atoms with Gasteiger partial charge in [0.1, 0.15) is 0 Å². The monoisotopic (exact) mass is 1410 g/mol. The van der Waals surface area contributed by atoms with Crippen LogP contribution in [0.2, 0.25) is 0 Å². The highest BCUT2D eigenvalue weighted by molar-refractivity contribution is 4.94. The molecule has 590 valence electrons. The number of hydrogen-bond acceptors (Lipinski definition) is 0. The largest absolute Gasteiger partial charge is 0.0885 e. The maximum atomic E-state index is 2.30. The smallest absolute Gasteiger partial charge is 0.0348 e. The molecule has 0 saturated heterocycles. The lowest BCUT2D eigenvalue weighted by Gasteiger charge is -2.49. The SMILES string of the molecule is C1=CCCC1.C1=CCCCC1.C1=CCCCCC1.C1C2CC3CC1CC(C2)C3.C1CC1.C1CC2CC(C1)C2.C1CC2CCC1C2.C1CC2CCC1CC2.C1CC2CCCC2C1.C1CCC1.C1CCC2CCCC2C1.C1CCC2CCCCC2C1.C1CCCC1.C1CCCCC1.C1CCCCCC1. The van der Waals surface area contributed by atoms with E-state index in [2.05, 4.69) is 36.5 Å². The second-order valence-electron chi connectivity index (χ2n) is 39.9. The van der Waals surface area contributed by atoms with Crippen LogP contribution in [0.4, 0.5) is 0 Å². The average molecular weight is 1410 g/mol. The van der Waals surface area contributed by atoms with Gasteiger partial charge in [-0.3, -0.25) is 0 Å². The van der Waals surface area contributed by atoms with Crippen molar-refractivity contribution in [2.45, 2.75) is 514 Å². The summed E-state index contributed by atoms with van der Waals surface area (Å²) >= 11 is 0. The molecule has 0 amide bonds. The molecule has 0 aromatic rings. The fourth-order valence-corrected chi connectivity index (χ4v) is 24.3. The van der Waals surface area contributed by atoms with E-state index < -0.39 is 0 Å². The Morgan fingerprint density at radius 2 is 0.255 bits per heavy atom. The lowest BCUT2D eigenvalue weighted by molar-refractivity contribution is 0.0198. The van der Waals surface area contributed by atoms with Crippen molar-refractivity contribution in [2.24, 2.45) is 94.7 Å². The molecule has 10 bridgehead atoms. The molecule has 0 aromatic heterocycles. The third-order valence-electron chi connectivity index (χ3n) is 31.1. The molecule has 102 heavy (non-hydrogen) atoms. The summed E-state index contributed by atoms with van der Waals surface area (Å²) in [4.78, 5) is 0. The number of allylic oxidation sites excluding steroid dienone is 6. The summed E-state index contributed by atoms with van der Waals surface area (Å²) in [5, 5.41) is 0. The van der Waals surface area contributed by atoms with Gasteiger partial charge in [-0.15, -0.1) is 0 Å². The lowest BCUT2D eigenvalue weighted by atomic mass is 9.56. The first-order valence-corrected chi connectivity index (χ1v) is 49.6. The van der Waals surface area contributed by atoms with E-state index in [1.807, 2.05) is 0 Å². The summed E-state index contributed by atoms with van der Waals surface area (Å²) in [6.45, 7) is 0. The van der Waals surface area contributed by atoms with Crippen LogP contribution in [0.1, 0.15) is 514 Å². The standard InChI is InChI=1S/C10H16.C10H18.C9H16.2C8H14.2C7H12.C7H14.C7H12.C6H12.C6H10.C5H10.C5H8.C4H8.C3H6/c1-7-2-9-4-8(1)5-10(3-7)6-9;1-2-6-10-8-4-3-7-9(10)5-1;1-2-5-9-7-3-6-8(9)4-1;1-3-7-5-2-6-8(7)4-1;1-2-8-5-3-7(1)4-6-8;1-2-7-4-3-6(1)5-7;1-2-6-4-7(3-1)5-6;2*1-2-4-6-7-5-3-1;2*1-2-4-6-5-3-1;2*1-2-4-5-3-1;1-2-4-3-1;1-2-3-1/h7-10H,1-6H2;9-10H,1-8H2;8-9H,1-7H2;2*7-8H,1-6H2;2*6-7H,1-5H2;1-7H2;1-2H,3-7H2;1-6H2;1-2H,3-6H2;1-5H2;1-2H,3-5H2;1-4H2;1-3H2. The molecule has 0 nitrogen and oxygen atoms in total. The third-order valence-corrected chi connectivity index (χ3v) is 31.1. The summed E-state index contributed by atoms with van der Waals surface area (Å²) in [6, 6.07) is 0. The zero-order chi connectivity index (χ0) is 70.0. The van der Waals surface area contributed by atoms with Crippen LogP contribution in [0.15, 0.2) is 36.5 Å². The lowest BCUT2D eigenvalue weighted by Crippen LogP contribution is -2.38. The molecule has 0 radical (unpaired) electrons. The van der Waals surface area contributed by atoms with Gasteiger partial charge in [0.2, 0.25) is 0 Å². The molecule has 0 heteroatoms. The van der Waals surface area contributed by atoms with Crippen LogP contribution >= 0.6 is 0 Å². The summed E-state index contributed by atoms with van der Waals surface area (Å²) in [5.41, 5.74) is 0. The second kappa shape index (κ2) is 55.6. The molecule has 2 atom stereocenters. The molecule has 0 N–H and O–H groups in total. The summed E-state index contributed by atoms with van der Waals surface area (Å²) in [6.07, 6.45) is 135. The van der Waals surface area contributed by atoms with Gasteiger partial charge in [-0.1, -0.05) is 422 Å². The maximum Gasteiger partial charge on any atom is -0.0348 e. The minimum Gasteiger partial charge on any atom is -0.0885 e. The van der Waals surface area contributed by atoms with Gasteiger partial charge in [0, 0.05) is 0 Å². The van der Waals surface area contributed by atoms with Gasteiger partial charge < -0.3 is 0 Å². The Morgan fingerprint density at radius 3 is 0.412 bits per heavy atom. The predicted molar refractivity (Wildman–Crippen MR) is 453 cm³/mol. The topological polar surface area (TPSA) is 0 Å². The Morgan fingerprint density at radius 1 is 0.0980 bits per heavy atom. The van der Waals surface area contributed by atoms with Crippen molar-refractivity contribution in [1.29, 1.82) is 0 Å². The van der Waals surface area contributed by atoms with Crippen LogP contribution < -0.4 is 0 Å². The summed E-state index contributed by atoms with van der Waals surface area (Å²) < 4.78 is 0. The van der Waals surface area contributed by atoms with Crippen molar-refractivity contribution in [3.63, 3.8) is 0 Å². The minimum atomic E-state index is 1.15. The van der Waals surface area contributed by atoms with Gasteiger partial charge >= 0.3 is 0 Å². The molecule has 0 spiro atoms. The van der Waals surface area contributed by atoms with Gasteiger partial charge in [-0.2, -0.15) is 0 Å². The van der Waals surface area contributed by atoms with Crippen LogP contribution in [0.3, 0.4) is 0 Å². The van der Waals surface area contributed by atoms with Crippen molar-refractivity contribution < 1.29 is 0 Å². The van der Waals surface area contributed by atoms with E-state index in [0.29, 0.717) is 0 Å². The van der Waals surface area contributed by atoms with Crippen molar-refractivity contribution in [1.82, 2.24) is 0 Å². The Bertz CT molecular complexity index is 1770. The highest BCUT2D eigenvalue weighted by atomic mass is 14.5. The highest BCUT2D eigenvalue weighted by Gasteiger charge is 2.42. The molecule has 26 aliphatic carbocycles. The number of rotatable bonds is 0. The van der Waals surface area contributed by atoms with E-state index in [9.17, 15) is 0 Å². The van der Waals surface area contributed by atoms with Crippen molar-refractivity contribution >= 4 is 0 Å².